The van der Waals surface area contributed by atoms with Crippen molar-refractivity contribution in [3.05, 3.63) is 39.7 Å². The number of nitrogens with zero attached hydrogens (tertiary/aromatic N) is 1. The van der Waals surface area contributed by atoms with Crippen molar-refractivity contribution in [3.8, 4) is 0 Å². The lowest BCUT2D eigenvalue weighted by atomic mass is 10.1. The second-order valence-corrected chi connectivity index (χ2v) is 4.54. The molecule has 2 N–H and O–H groups in total. The van der Waals surface area contributed by atoms with Gasteiger partial charge in [0, 0.05) is 16.6 Å². The normalized spacial score (nSPS) is 13.9. The molecular weight excluding hydrogens is 253 g/mol. The summed E-state index contributed by atoms with van der Waals surface area (Å²) in [5, 5.41) is -0.885. The first-order valence-corrected chi connectivity index (χ1v) is 5.53. The molecule has 7 heteroatoms. The average Bonchev–Trinajstić information content (AvgIpc) is 2.83. The number of alkyl halides is 3. The molecule has 1 unspecified atom stereocenters. The molecule has 0 aromatic carbocycles. The summed E-state index contributed by atoms with van der Waals surface area (Å²) in [4.78, 5) is 3.69. The van der Waals surface area contributed by atoms with Crippen molar-refractivity contribution in [2.24, 2.45) is 5.73 Å². The Hall–Kier alpha value is -1.34. The summed E-state index contributed by atoms with van der Waals surface area (Å²) >= 11 is 0.552. The van der Waals surface area contributed by atoms with Crippen molar-refractivity contribution in [3.63, 3.8) is 0 Å². The summed E-state index contributed by atoms with van der Waals surface area (Å²) in [5.74, 6) is 0.597. The van der Waals surface area contributed by atoms with Crippen LogP contribution in [0.4, 0.5) is 13.2 Å². The van der Waals surface area contributed by atoms with Gasteiger partial charge in [-0.3, -0.25) is 0 Å². The average molecular weight is 262 g/mol. The monoisotopic (exact) mass is 262 g/mol. The lowest BCUT2D eigenvalue weighted by Crippen LogP contribution is -2.10. The van der Waals surface area contributed by atoms with E-state index in [9.17, 15) is 13.2 Å². The molecule has 0 saturated heterocycles. The number of halogens is 3. The number of hydrogen-bond acceptors (Lipinski definition) is 4. The van der Waals surface area contributed by atoms with Crippen LogP contribution in [0.2, 0.25) is 0 Å². The molecule has 0 spiro atoms. The third-order valence-corrected chi connectivity index (χ3v) is 3.43. The molecule has 2 heterocycles. The van der Waals surface area contributed by atoms with Crippen LogP contribution >= 0.6 is 11.3 Å². The molecule has 2 aromatic rings. The molecular formula is C10H9F3N2OS. The molecule has 3 nitrogen and oxygen atoms in total. The zero-order valence-electron chi connectivity index (χ0n) is 8.78. The van der Waals surface area contributed by atoms with Gasteiger partial charge >= 0.3 is 6.18 Å². The highest BCUT2D eigenvalue weighted by atomic mass is 32.1. The molecule has 0 saturated carbocycles. The highest BCUT2D eigenvalue weighted by molar-refractivity contribution is 7.11. The van der Waals surface area contributed by atoms with Crippen LogP contribution in [0.1, 0.15) is 27.3 Å². The highest BCUT2D eigenvalue weighted by Crippen LogP contribution is 2.35. The largest absolute Gasteiger partial charge is 0.469 e. The fraction of sp³-hybridized carbons (Fsp3) is 0.300. The lowest BCUT2D eigenvalue weighted by molar-refractivity contribution is -0.137. The molecule has 0 amide bonds. The number of aromatic nitrogens is 1. The van der Waals surface area contributed by atoms with Crippen molar-refractivity contribution in [2.45, 2.75) is 19.1 Å². The predicted octanol–water partition coefficient (Wildman–Crippen LogP) is 3.11. The first-order valence-electron chi connectivity index (χ1n) is 4.72. The summed E-state index contributed by atoms with van der Waals surface area (Å²) in [6.07, 6.45) is -1.81. The maximum atomic E-state index is 12.4. The molecule has 17 heavy (non-hydrogen) atoms. The molecule has 0 aliphatic rings. The van der Waals surface area contributed by atoms with Crippen LogP contribution in [0.25, 0.3) is 0 Å². The van der Waals surface area contributed by atoms with E-state index in [1.54, 1.807) is 13.0 Å². The first-order chi connectivity index (χ1) is 7.89. The molecule has 92 valence electrons. The maximum Gasteiger partial charge on any atom is 0.443 e. The van der Waals surface area contributed by atoms with Gasteiger partial charge in [-0.25, -0.2) is 4.98 Å². The molecule has 2 rings (SSSR count). The number of thiazole rings is 1. The van der Waals surface area contributed by atoms with E-state index in [1.165, 1.54) is 6.26 Å². The lowest BCUT2D eigenvalue weighted by Gasteiger charge is -2.07. The van der Waals surface area contributed by atoms with E-state index in [4.69, 9.17) is 10.2 Å². The van der Waals surface area contributed by atoms with Gasteiger partial charge in [-0.2, -0.15) is 13.2 Å². The maximum absolute atomic E-state index is 12.4. The Morgan fingerprint density at radius 2 is 2.18 bits per heavy atom. The van der Waals surface area contributed by atoms with E-state index < -0.39 is 17.2 Å². The smallest absolute Gasteiger partial charge is 0.443 e. The minimum absolute atomic E-state index is 0.363. The van der Waals surface area contributed by atoms with Crippen LogP contribution < -0.4 is 5.73 Å². The van der Waals surface area contributed by atoms with Gasteiger partial charge in [-0.15, -0.1) is 11.3 Å². The second kappa shape index (κ2) is 4.15. The molecule has 0 bridgehead atoms. The summed E-state index contributed by atoms with van der Waals surface area (Å²) in [7, 11) is 0. The number of furan rings is 1. The Labute approximate surface area is 99.1 Å². The first kappa shape index (κ1) is 12.1. The number of nitrogens with two attached hydrogens (primary N) is 1. The summed E-state index contributed by atoms with van der Waals surface area (Å²) < 4.78 is 42.2. The molecule has 0 aliphatic heterocycles. The van der Waals surface area contributed by atoms with E-state index in [1.807, 2.05) is 0 Å². The van der Waals surface area contributed by atoms with Crippen LogP contribution in [0.15, 0.2) is 22.9 Å². The number of hydrogen-bond donors (Lipinski definition) is 1. The van der Waals surface area contributed by atoms with E-state index in [2.05, 4.69) is 4.98 Å². The summed E-state index contributed by atoms with van der Waals surface area (Å²) in [6, 6.07) is 1.01. The quantitative estimate of drug-likeness (QED) is 0.904. The zero-order valence-corrected chi connectivity index (χ0v) is 9.60. The van der Waals surface area contributed by atoms with Crippen molar-refractivity contribution < 1.29 is 17.6 Å². The number of rotatable bonds is 2. The van der Waals surface area contributed by atoms with Gasteiger partial charge in [0.05, 0.1) is 12.3 Å². The molecule has 0 radical (unpaired) electrons. The van der Waals surface area contributed by atoms with E-state index in [-0.39, 0.29) is 0 Å². The van der Waals surface area contributed by atoms with Crippen molar-refractivity contribution in [1.82, 2.24) is 4.98 Å². The van der Waals surface area contributed by atoms with Gasteiger partial charge in [-0.05, 0) is 13.0 Å². The third kappa shape index (κ3) is 2.34. The van der Waals surface area contributed by atoms with Crippen molar-refractivity contribution in [1.29, 1.82) is 0 Å². The Morgan fingerprint density at radius 3 is 2.65 bits per heavy atom. The van der Waals surface area contributed by atoms with Gasteiger partial charge in [0.2, 0.25) is 0 Å². The molecule has 0 aliphatic carbocycles. The van der Waals surface area contributed by atoms with E-state index in [0.29, 0.717) is 27.5 Å². The topological polar surface area (TPSA) is 52.0 Å². The van der Waals surface area contributed by atoms with Crippen molar-refractivity contribution in [2.75, 3.05) is 0 Å². The molecule has 2 aromatic heterocycles. The van der Waals surface area contributed by atoms with Crippen LogP contribution in [-0.4, -0.2) is 4.98 Å². The third-order valence-electron chi connectivity index (χ3n) is 2.31. The molecule has 0 fully saturated rings. The van der Waals surface area contributed by atoms with Gasteiger partial charge < -0.3 is 10.2 Å². The van der Waals surface area contributed by atoms with Crippen LogP contribution in [-0.2, 0) is 6.18 Å². The summed E-state index contributed by atoms with van der Waals surface area (Å²) in [5.41, 5.74) is 6.53. The standard InChI is InChI=1S/C10H9F3N2OS/c1-5-6(2-3-16-5)8(14)7-4-15-9(17-7)10(11,12)13/h2-4,8H,14H2,1H3. The minimum Gasteiger partial charge on any atom is -0.469 e. The van der Waals surface area contributed by atoms with Gasteiger partial charge in [0.1, 0.15) is 5.76 Å². The Bertz CT molecular complexity index is 518. The van der Waals surface area contributed by atoms with Gasteiger partial charge in [0.15, 0.2) is 5.01 Å². The Balaban J connectivity index is 2.30. The Kier molecular flexibility index (Phi) is 2.96. The fourth-order valence-corrected chi connectivity index (χ4v) is 2.24. The minimum atomic E-state index is -4.42. The van der Waals surface area contributed by atoms with Gasteiger partial charge in [-0.1, -0.05) is 0 Å². The Morgan fingerprint density at radius 1 is 1.47 bits per heavy atom. The predicted molar refractivity (Wildman–Crippen MR) is 56.6 cm³/mol. The second-order valence-electron chi connectivity index (χ2n) is 3.48. The van der Waals surface area contributed by atoms with Crippen LogP contribution in [0, 0.1) is 6.92 Å². The van der Waals surface area contributed by atoms with E-state index in [0.717, 1.165) is 6.20 Å². The van der Waals surface area contributed by atoms with Crippen LogP contribution in [0.3, 0.4) is 0 Å². The van der Waals surface area contributed by atoms with Crippen molar-refractivity contribution >= 4 is 11.3 Å². The zero-order chi connectivity index (χ0) is 12.6. The highest BCUT2D eigenvalue weighted by Gasteiger charge is 2.35. The van der Waals surface area contributed by atoms with E-state index >= 15 is 0 Å². The summed E-state index contributed by atoms with van der Waals surface area (Å²) in [6.45, 7) is 1.71. The fourth-order valence-electron chi connectivity index (χ4n) is 1.43. The van der Waals surface area contributed by atoms with Gasteiger partial charge in [0.25, 0.3) is 0 Å². The molecule has 1 atom stereocenters. The SMILES string of the molecule is Cc1occc1C(N)c1cnc(C(F)(F)F)s1. The van der Waals surface area contributed by atoms with Crippen LogP contribution in [0.5, 0.6) is 0 Å². The number of aryl methyl sites for hydroxylation is 1.